The van der Waals surface area contributed by atoms with E-state index in [1.165, 1.54) is 121 Å². The number of nitrogens with zero attached hydrogens (tertiary/aromatic N) is 2. The molecule has 434 valence electrons. The van der Waals surface area contributed by atoms with Crippen molar-refractivity contribution in [3.63, 3.8) is 0 Å². The van der Waals surface area contributed by atoms with Gasteiger partial charge in [-0.25, -0.2) is 0 Å². The van der Waals surface area contributed by atoms with Crippen LogP contribution in [0, 0.1) is 0 Å². The van der Waals surface area contributed by atoms with Gasteiger partial charge in [0.15, 0.2) is 0 Å². The van der Waals surface area contributed by atoms with Gasteiger partial charge in [0.25, 0.3) is 0 Å². The molecule has 0 unspecified atom stereocenters. The molecule has 0 aromatic heterocycles. The fourth-order valence-corrected chi connectivity index (χ4v) is 16.0. The zero-order chi connectivity index (χ0) is 61.4. The normalized spacial score (nSPS) is 13.4. The van der Waals surface area contributed by atoms with E-state index in [1.807, 2.05) is 0 Å². The molecule has 16 aromatic rings. The van der Waals surface area contributed by atoms with Crippen LogP contribution < -0.4 is 9.80 Å². The van der Waals surface area contributed by atoms with Crippen LogP contribution >= 0.6 is 0 Å². The number of hydrogen-bond acceptors (Lipinski definition) is 2. The van der Waals surface area contributed by atoms with E-state index in [1.54, 1.807) is 0 Å². The SMILES string of the molecule is CC1(C)c2ccccc2-c2ccc(N(c3c(-c4ccccc4)ccc4ccc(-c5ccccc5)cc34)c3ccc4ccc5c(N(c6ccc7c(c6)C(C)(C)c6ccccc6-7)c6c(-c7ccccc7)ccc7ccc(-c8ccccc8)cc67)ccc6ccc3c4c65)cc21. The molecule has 0 saturated carbocycles. The van der Waals surface area contributed by atoms with Gasteiger partial charge in [0.05, 0.1) is 22.7 Å². The van der Waals surface area contributed by atoms with Gasteiger partial charge in [0, 0.05) is 54.9 Å². The second-order valence-corrected chi connectivity index (χ2v) is 26.3. The molecule has 2 aliphatic rings. The summed E-state index contributed by atoms with van der Waals surface area (Å²) in [5.74, 6) is 0. The summed E-state index contributed by atoms with van der Waals surface area (Å²) in [5, 5.41) is 12.0. The van der Waals surface area contributed by atoms with Crippen molar-refractivity contribution in [3.8, 4) is 66.8 Å². The second kappa shape index (κ2) is 20.6. The first-order chi connectivity index (χ1) is 45.2. The highest BCUT2D eigenvalue weighted by molar-refractivity contribution is 6.29. The van der Waals surface area contributed by atoms with E-state index in [9.17, 15) is 0 Å². The minimum Gasteiger partial charge on any atom is -0.309 e. The standard InChI is InChI=1S/C90H64N2/c1-89(2)79-31-19-17-29-71(79)73-49-43-67(55-81(73)89)91(87-69(59-25-13-7-14-26-59)45-37-61-33-35-65(53-77(61)87)57-21-9-5-10-22-57)83-51-41-63-40-48-76-84(52-42-64-39-47-75(83)85(63)86(64)76)92(68-44-50-74-72-30-18-20-32-80(72)90(3,4)82(74)56-68)88-70(60-27-15-8-16-28-60)46-38-62-34-36-66(54-78(62)88)58-23-11-6-12-24-58/h5-56H,1-4H3. The third kappa shape index (κ3) is 8.20. The summed E-state index contributed by atoms with van der Waals surface area (Å²) >= 11 is 0. The maximum absolute atomic E-state index is 2.62. The first-order valence-corrected chi connectivity index (χ1v) is 32.3. The molecular formula is C90H64N2. The lowest BCUT2D eigenvalue weighted by Crippen LogP contribution is -2.17. The van der Waals surface area contributed by atoms with Gasteiger partial charge < -0.3 is 9.80 Å². The zero-order valence-corrected chi connectivity index (χ0v) is 51.9. The summed E-state index contributed by atoms with van der Waals surface area (Å²) in [6.07, 6.45) is 0. The molecule has 92 heavy (non-hydrogen) atoms. The molecule has 0 amide bonds. The van der Waals surface area contributed by atoms with E-state index >= 15 is 0 Å². The number of anilines is 6. The molecule has 0 saturated heterocycles. The average Bonchev–Trinajstić information content (AvgIpc) is 1.04. The fraction of sp³-hybridized carbons (Fsp3) is 0.0667. The van der Waals surface area contributed by atoms with Crippen molar-refractivity contribution >= 4 is 88.0 Å². The molecule has 0 N–H and O–H groups in total. The van der Waals surface area contributed by atoms with E-state index in [0.717, 1.165) is 56.4 Å². The summed E-state index contributed by atoms with van der Waals surface area (Å²) in [4.78, 5) is 5.24. The molecule has 16 aromatic carbocycles. The van der Waals surface area contributed by atoms with Gasteiger partial charge >= 0.3 is 0 Å². The molecular weight excluding hydrogens is 1110 g/mol. The van der Waals surface area contributed by atoms with Crippen LogP contribution in [-0.2, 0) is 10.8 Å². The summed E-state index contributed by atoms with van der Waals surface area (Å²) in [5.41, 5.74) is 26.2. The number of benzene rings is 16. The Balaban J connectivity index is 0.935. The Bertz CT molecular complexity index is 5270. The van der Waals surface area contributed by atoms with E-state index in [0.29, 0.717) is 0 Å². The lowest BCUT2D eigenvalue weighted by molar-refractivity contribution is 0.660. The van der Waals surface area contributed by atoms with Crippen molar-refractivity contribution in [3.05, 3.63) is 338 Å². The van der Waals surface area contributed by atoms with Crippen LogP contribution in [0.2, 0.25) is 0 Å². The highest BCUT2D eigenvalue weighted by atomic mass is 15.2. The van der Waals surface area contributed by atoms with E-state index in [-0.39, 0.29) is 10.8 Å². The smallest absolute Gasteiger partial charge is 0.0618 e. The monoisotopic (exact) mass is 1170 g/mol. The lowest BCUT2D eigenvalue weighted by Gasteiger charge is -2.33. The highest BCUT2D eigenvalue weighted by Crippen LogP contribution is 2.57. The number of rotatable bonds is 10. The Morgan fingerprint density at radius 2 is 0.543 bits per heavy atom. The van der Waals surface area contributed by atoms with Gasteiger partial charge in [-0.3, -0.25) is 0 Å². The number of hydrogen-bond donors (Lipinski definition) is 0. The third-order valence-corrected chi connectivity index (χ3v) is 20.6. The zero-order valence-electron chi connectivity index (χ0n) is 51.9. The van der Waals surface area contributed by atoms with Gasteiger partial charge in [-0.15, -0.1) is 0 Å². The molecule has 2 heteroatoms. The van der Waals surface area contributed by atoms with Crippen LogP contribution in [0.15, 0.2) is 315 Å². The van der Waals surface area contributed by atoms with Crippen LogP contribution in [0.25, 0.3) is 121 Å². The minimum atomic E-state index is -0.230. The van der Waals surface area contributed by atoms with E-state index in [2.05, 4.69) is 353 Å². The quantitative estimate of drug-likeness (QED) is 0.126. The predicted octanol–water partition coefficient (Wildman–Crippen LogP) is 25.1. The van der Waals surface area contributed by atoms with Crippen LogP contribution in [-0.4, -0.2) is 0 Å². The Kier molecular flexibility index (Phi) is 12.0. The van der Waals surface area contributed by atoms with Crippen molar-refractivity contribution in [2.75, 3.05) is 9.80 Å². The molecule has 0 radical (unpaired) electrons. The van der Waals surface area contributed by atoms with E-state index in [4.69, 9.17) is 0 Å². The van der Waals surface area contributed by atoms with Crippen LogP contribution in [0.5, 0.6) is 0 Å². The number of fused-ring (bicyclic) bond motifs is 8. The molecule has 0 heterocycles. The van der Waals surface area contributed by atoms with Crippen molar-refractivity contribution in [1.29, 1.82) is 0 Å². The van der Waals surface area contributed by atoms with Crippen molar-refractivity contribution in [1.82, 2.24) is 0 Å². The summed E-state index contributed by atoms with van der Waals surface area (Å²) in [6.45, 7) is 9.59. The van der Waals surface area contributed by atoms with Crippen LogP contribution in [0.4, 0.5) is 34.1 Å². The van der Waals surface area contributed by atoms with Gasteiger partial charge in [-0.1, -0.05) is 295 Å². The Morgan fingerprint density at radius 1 is 0.217 bits per heavy atom. The van der Waals surface area contributed by atoms with Gasteiger partial charge in [0.1, 0.15) is 0 Å². The predicted molar refractivity (Wildman–Crippen MR) is 391 cm³/mol. The maximum atomic E-state index is 2.62. The van der Waals surface area contributed by atoms with Crippen molar-refractivity contribution in [2.24, 2.45) is 0 Å². The molecule has 0 fully saturated rings. The maximum Gasteiger partial charge on any atom is 0.0618 e. The Morgan fingerprint density at radius 3 is 0.957 bits per heavy atom. The molecule has 0 aliphatic heterocycles. The molecule has 2 aliphatic carbocycles. The summed E-state index contributed by atoms with van der Waals surface area (Å²) < 4.78 is 0. The van der Waals surface area contributed by atoms with Crippen molar-refractivity contribution in [2.45, 2.75) is 38.5 Å². The molecule has 0 bridgehead atoms. The average molecular weight is 1170 g/mol. The topological polar surface area (TPSA) is 6.48 Å². The summed E-state index contributed by atoms with van der Waals surface area (Å²) in [7, 11) is 0. The largest absolute Gasteiger partial charge is 0.309 e. The van der Waals surface area contributed by atoms with Gasteiger partial charge in [-0.05, 0) is 159 Å². The molecule has 0 spiro atoms. The lowest BCUT2D eigenvalue weighted by atomic mass is 9.82. The molecule has 18 rings (SSSR count). The Labute approximate surface area is 537 Å². The minimum absolute atomic E-state index is 0.230. The van der Waals surface area contributed by atoms with Crippen LogP contribution in [0.3, 0.4) is 0 Å². The molecule has 0 atom stereocenters. The summed E-state index contributed by atoms with van der Waals surface area (Å²) in [6, 6.07) is 119. The second-order valence-electron chi connectivity index (χ2n) is 26.3. The van der Waals surface area contributed by atoms with E-state index < -0.39 is 0 Å². The van der Waals surface area contributed by atoms with Crippen LogP contribution in [0.1, 0.15) is 49.9 Å². The Hall–Kier alpha value is -11.3. The fourth-order valence-electron chi connectivity index (χ4n) is 16.0. The van der Waals surface area contributed by atoms with Crippen molar-refractivity contribution < 1.29 is 0 Å². The first kappa shape index (κ1) is 53.7. The highest BCUT2D eigenvalue weighted by Gasteiger charge is 2.38. The van der Waals surface area contributed by atoms with Gasteiger partial charge in [-0.2, -0.15) is 0 Å². The first-order valence-electron chi connectivity index (χ1n) is 32.3. The van der Waals surface area contributed by atoms with Gasteiger partial charge in [0.2, 0.25) is 0 Å². The third-order valence-electron chi connectivity index (χ3n) is 20.6. The molecule has 2 nitrogen and oxygen atoms in total.